The second-order valence-corrected chi connectivity index (χ2v) is 5.80. The highest BCUT2D eigenvalue weighted by molar-refractivity contribution is 6.41. The van der Waals surface area contributed by atoms with Crippen molar-refractivity contribution in [2.24, 2.45) is 0 Å². The van der Waals surface area contributed by atoms with E-state index in [9.17, 15) is 4.79 Å². The van der Waals surface area contributed by atoms with Gasteiger partial charge in [0.2, 0.25) is 0 Å². The van der Waals surface area contributed by atoms with Gasteiger partial charge in [-0.25, -0.2) is 0 Å². The third kappa shape index (κ3) is 2.38. The van der Waals surface area contributed by atoms with Gasteiger partial charge in [-0.1, -0.05) is 40.9 Å². The molecule has 0 fully saturated rings. The molecular formula is C15H9Cl3N2O. The summed E-state index contributed by atoms with van der Waals surface area (Å²) >= 11 is 18.2. The van der Waals surface area contributed by atoms with Gasteiger partial charge >= 0.3 is 0 Å². The van der Waals surface area contributed by atoms with Crippen molar-refractivity contribution in [2.75, 3.05) is 5.73 Å². The summed E-state index contributed by atoms with van der Waals surface area (Å²) in [4.78, 5) is 15.7. The van der Waals surface area contributed by atoms with Crippen LogP contribution in [0.2, 0.25) is 15.1 Å². The fourth-order valence-corrected chi connectivity index (χ4v) is 3.14. The molecule has 0 amide bonds. The van der Waals surface area contributed by atoms with E-state index in [4.69, 9.17) is 40.5 Å². The number of benzene rings is 2. The van der Waals surface area contributed by atoms with E-state index in [-0.39, 0.29) is 11.3 Å². The Morgan fingerprint density at radius 1 is 1.10 bits per heavy atom. The van der Waals surface area contributed by atoms with Gasteiger partial charge in [0.05, 0.1) is 15.6 Å². The molecule has 0 saturated heterocycles. The molecule has 1 heterocycles. The number of H-pyrrole nitrogens is 1. The van der Waals surface area contributed by atoms with Crippen LogP contribution in [-0.2, 0) is 0 Å². The average molecular weight is 340 g/mol. The molecule has 0 unspecified atom stereocenters. The third-order valence-electron chi connectivity index (χ3n) is 3.21. The minimum absolute atomic E-state index is 0.270. The molecule has 2 aromatic carbocycles. The van der Waals surface area contributed by atoms with Gasteiger partial charge in [0, 0.05) is 33.4 Å². The van der Waals surface area contributed by atoms with Gasteiger partial charge in [-0.3, -0.25) is 4.79 Å². The predicted octanol–water partition coefficient (Wildman–Crippen LogP) is 4.94. The Labute approximate surface area is 135 Å². The van der Waals surface area contributed by atoms with Crippen LogP contribution in [0.4, 0.5) is 5.69 Å². The van der Waals surface area contributed by atoms with E-state index in [2.05, 4.69) is 4.98 Å². The maximum absolute atomic E-state index is 12.7. The normalized spacial score (nSPS) is 11.0. The SMILES string of the molecule is Nc1cccc(Cl)c1C(=O)c1c[nH]c2cc(Cl)cc(Cl)c12. The van der Waals surface area contributed by atoms with Crippen molar-refractivity contribution < 1.29 is 4.79 Å². The number of aromatic nitrogens is 1. The van der Waals surface area contributed by atoms with Crippen molar-refractivity contribution in [3.05, 3.63) is 62.7 Å². The lowest BCUT2D eigenvalue weighted by Crippen LogP contribution is -2.05. The van der Waals surface area contributed by atoms with Gasteiger partial charge in [-0.05, 0) is 24.3 Å². The first-order valence-corrected chi connectivity index (χ1v) is 7.17. The first-order chi connectivity index (χ1) is 9.99. The van der Waals surface area contributed by atoms with Crippen LogP contribution in [0.25, 0.3) is 10.9 Å². The highest BCUT2D eigenvalue weighted by Gasteiger charge is 2.21. The summed E-state index contributed by atoms with van der Waals surface area (Å²) in [5.41, 5.74) is 7.55. The smallest absolute Gasteiger partial charge is 0.198 e. The molecule has 0 saturated carbocycles. The second-order valence-electron chi connectivity index (χ2n) is 4.55. The molecule has 0 radical (unpaired) electrons. The summed E-state index contributed by atoms with van der Waals surface area (Å²) < 4.78 is 0. The molecule has 1 aromatic heterocycles. The van der Waals surface area contributed by atoms with E-state index in [1.807, 2.05) is 0 Å². The Hall–Kier alpha value is -1.68. The van der Waals surface area contributed by atoms with Gasteiger partial charge in [0.1, 0.15) is 0 Å². The lowest BCUT2D eigenvalue weighted by Gasteiger charge is -2.07. The monoisotopic (exact) mass is 338 g/mol. The van der Waals surface area contributed by atoms with Crippen LogP contribution >= 0.6 is 34.8 Å². The van der Waals surface area contributed by atoms with Gasteiger partial charge in [-0.2, -0.15) is 0 Å². The summed E-state index contributed by atoms with van der Waals surface area (Å²) in [5.74, 6) is -0.284. The number of carbonyl (C=O) groups is 1. The quantitative estimate of drug-likeness (QED) is 0.513. The number of nitrogens with two attached hydrogens (primary N) is 1. The molecule has 3 nitrogen and oxygen atoms in total. The molecule has 3 rings (SSSR count). The van der Waals surface area contributed by atoms with Crippen molar-refractivity contribution in [2.45, 2.75) is 0 Å². The van der Waals surface area contributed by atoms with Gasteiger partial charge in [0.25, 0.3) is 0 Å². The maximum Gasteiger partial charge on any atom is 0.198 e. The number of ketones is 1. The van der Waals surface area contributed by atoms with E-state index in [0.29, 0.717) is 37.2 Å². The number of hydrogen-bond acceptors (Lipinski definition) is 2. The maximum atomic E-state index is 12.7. The van der Waals surface area contributed by atoms with Gasteiger partial charge in [-0.15, -0.1) is 0 Å². The molecule has 21 heavy (non-hydrogen) atoms. The molecule has 0 atom stereocenters. The standard InChI is InChI=1S/C15H9Cl3N2O/c16-7-4-10(18)13-8(6-20-12(13)5-7)15(21)14-9(17)2-1-3-11(14)19/h1-6,20H,19H2. The number of carbonyl (C=O) groups excluding carboxylic acids is 1. The highest BCUT2D eigenvalue weighted by atomic mass is 35.5. The van der Waals surface area contributed by atoms with Crippen molar-refractivity contribution in [3.63, 3.8) is 0 Å². The van der Waals surface area contributed by atoms with Crippen LogP contribution in [0.5, 0.6) is 0 Å². The summed E-state index contributed by atoms with van der Waals surface area (Å²) in [6.07, 6.45) is 1.58. The zero-order chi connectivity index (χ0) is 15.1. The van der Waals surface area contributed by atoms with E-state index in [1.54, 1.807) is 36.5 Å². The second kappa shape index (κ2) is 5.26. The van der Waals surface area contributed by atoms with E-state index in [1.165, 1.54) is 0 Å². The van der Waals surface area contributed by atoms with Crippen LogP contribution in [0.15, 0.2) is 36.5 Å². The number of halogens is 3. The van der Waals surface area contributed by atoms with Crippen molar-refractivity contribution in [3.8, 4) is 0 Å². The highest BCUT2D eigenvalue weighted by Crippen LogP contribution is 2.33. The summed E-state index contributed by atoms with van der Waals surface area (Å²) in [6, 6.07) is 8.24. The lowest BCUT2D eigenvalue weighted by molar-refractivity contribution is 0.104. The molecular weight excluding hydrogens is 331 g/mol. The van der Waals surface area contributed by atoms with Crippen molar-refractivity contribution >= 4 is 57.2 Å². The molecule has 0 aliphatic heterocycles. The van der Waals surface area contributed by atoms with Crippen LogP contribution < -0.4 is 5.73 Å². The number of nitrogen functional groups attached to an aromatic ring is 1. The minimum atomic E-state index is -0.284. The van der Waals surface area contributed by atoms with E-state index in [0.717, 1.165) is 0 Å². The third-order valence-corrected chi connectivity index (χ3v) is 4.05. The van der Waals surface area contributed by atoms with Crippen LogP contribution in [0.3, 0.4) is 0 Å². The molecule has 0 bridgehead atoms. The van der Waals surface area contributed by atoms with Crippen LogP contribution in [-0.4, -0.2) is 10.8 Å². The first-order valence-electron chi connectivity index (χ1n) is 6.04. The Bertz CT molecular complexity index is 850. The number of anilines is 1. The summed E-state index contributed by atoms with van der Waals surface area (Å²) in [5, 5.41) is 1.79. The molecule has 3 aromatic rings. The Kier molecular flexibility index (Phi) is 3.57. The fourth-order valence-electron chi connectivity index (χ4n) is 2.28. The van der Waals surface area contributed by atoms with E-state index >= 15 is 0 Å². The first kappa shape index (κ1) is 14.3. The minimum Gasteiger partial charge on any atom is -0.398 e. The zero-order valence-electron chi connectivity index (χ0n) is 10.6. The molecule has 106 valence electrons. The van der Waals surface area contributed by atoms with E-state index < -0.39 is 0 Å². The molecule has 6 heteroatoms. The molecule has 0 aliphatic carbocycles. The zero-order valence-corrected chi connectivity index (χ0v) is 12.9. The number of hydrogen-bond donors (Lipinski definition) is 2. The van der Waals surface area contributed by atoms with Crippen LogP contribution in [0, 0.1) is 0 Å². The average Bonchev–Trinajstić information content (AvgIpc) is 2.82. The van der Waals surface area contributed by atoms with Crippen LogP contribution in [0.1, 0.15) is 15.9 Å². The molecule has 3 N–H and O–H groups in total. The van der Waals surface area contributed by atoms with Gasteiger partial charge in [0.15, 0.2) is 5.78 Å². The van der Waals surface area contributed by atoms with Crippen molar-refractivity contribution in [1.82, 2.24) is 4.98 Å². The number of rotatable bonds is 2. The van der Waals surface area contributed by atoms with Gasteiger partial charge < -0.3 is 10.7 Å². The molecule has 0 spiro atoms. The fraction of sp³-hybridized carbons (Fsp3) is 0. The Morgan fingerprint density at radius 3 is 2.57 bits per heavy atom. The number of nitrogens with one attached hydrogen (secondary N) is 1. The predicted molar refractivity (Wildman–Crippen MR) is 87.6 cm³/mol. The Balaban J connectivity index is 2.24. The summed E-state index contributed by atoms with van der Waals surface area (Å²) in [7, 11) is 0. The molecule has 0 aliphatic rings. The number of fused-ring (bicyclic) bond motifs is 1. The number of aromatic amines is 1. The summed E-state index contributed by atoms with van der Waals surface area (Å²) in [6.45, 7) is 0. The lowest BCUT2D eigenvalue weighted by atomic mass is 10.0. The van der Waals surface area contributed by atoms with Crippen molar-refractivity contribution in [1.29, 1.82) is 0 Å². The largest absolute Gasteiger partial charge is 0.398 e. The topological polar surface area (TPSA) is 58.9 Å². The Morgan fingerprint density at radius 2 is 1.86 bits per heavy atom.